The van der Waals surface area contributed by atoms with Crippen LogP contribution in [0.1, 0.15) is 51.0 Å². The summed E-state index contributed by atoms with van der Waals surface area (Å²) in [5, 5.41) is 14.3. The minimum Gasteiger partial charge on any atom is -0.290 e. The second kappa shape index (κ2) is 9.10. The van der Waals surface area contributed by atoms with Gasteiger partial charge in [0.15, 0.2) is 5.82 Å². The van der Waals surface area contributed by atoms with Crippen molar-refractivity contribution in [1.82, 2.24) is 25.5 Å². The fourth-order valence-electron chi connectivity index (χ4n) is 4.84. The Balaban J connectivity index is 1.40. The van der Waals surface area contributed by atoms with Crippen LogP contribution in [0.3, 0.4) is 0 Å². The Morgan fingerprint density at radius 1 is 1.03 bits per heavy atom. The Morgan fingerprint density at radius 3 is 2.48 bits per heavy atom. The third kappa shape index (κ3) is 4.11. The number of nitrogens with zero attached hydrogens (tertiary/aromatic N) is 5. The summed E-state index contributed by atoms with van der Waals surface area (Å²) in [5.41, 5.74) is 3.60. The zero-order valence-corrected chi connectivity index (χ0v) is 18.9. The number of tetrazole rings is 1. The average molecular weight is 441 g/mol. The van der Waals surface area contributed by atoms with Crippen molar-refractivity contribution in [2.45, 2.75) is 57.5 Å². The number of amidine groups is 1. The van der Waals surface area contributed by atoms with Crippen LogP contribution in [0.4, 0.5) is 0 Å². The molecule has 0 saturated heterocycles. The van der Waals surface area contributed by atoms with Gasteiger partial charge in [-0.25, -0.2) is 5.10 Å². The standard InChI is InChI=1S/C26H28N6O/c1-2-3-11-23-27-26(16-7-4-8-17-26)25(33)32(23)18-19-12-14-20(15-13-19)21-9-5-6-10-22(21)24-28-30-31-29-24/h3,5-6,9-15H,2,4,7-8,16-18H2,1H3,(H,28,29,30,31)/b11-3+. The molecule has 1 amide bonds. The van der Waals surface area contributed by atoms with Crippen molar-refractivity contribution in [2.75, 3.05) is 0 Å². The van der Waals surface area contributed by atoms with Crippen molar-refractivity contribution >= 4 is 11.7 Å². The zero-order valence-electron chi connectivity index (χ0n) is 18.9. The number of carbonyl (C=O) groups excluding carboxylic acids is 1. The minimum absolute atomic E-state index is 0.158. The van der Waals surface area contributed by atoms with Gasteiger partial charge in [-0.15, -0.1) is 5.10 Å². The van der Waals surface area contributed by atoms with Crippen molar-refractivity contribution in [3.8, 4) is 22.5 Å². The summed E-state index contributed by atoms with van der Waals surface area (Å²) in [6, 6.07) is 16.4. The van der Waals surface area contributed by atoms with Crippen molar-refractivity contribution < 1.29 is 4.79 Å². The largest absolute Gasteiger partial charge is 0.290 e. The third-order valence-corrected chi connectivity index (χ3v) is 6.56. The number of aliphatic imine (C=N–C) groups is 1. The highest BCUT2D eigenvalue weighted by molar-refractivity contribution is 6.12. The lowest BCUT2D eigenvalue weighted by Crippen LogP contribution is -2.43. The Bertz CT molecular complexity index is 1170. The number of H-pyrrole nitrogens is 1. The van der Waals surface area contributed by atoms with Crippen LogP contribution in [0, 0.1) is 0 Å². The number of carbonyl (C=O) groups is 1. The summed E-state index contributed by atoms with van der Waals surface area (Å²) in [6.07, 6.45) is 10.1. The lowest BCUT2D eigenvalue weighted by molar-refractivity contribution is -0.132. The minimum atomic E-state index is -0.546. The van der Waals surface area contributed by atoms with E-state index in [1.807, 2.05) is 29.2 Å². The average Bonchev–Trinajstić information content (AvgIpc) is 3.48. The molecule has 168 valence electrons. The number of nitrogens with one attached hydrogen (secondary N) is 1. The lowest BCUT2D eigenvalue weighted by Gasteiger charge is -2.29. The quantitative estimate of drug-likeness (QED) is 0.588. The van der Waals surface area contributed by atoms with Gasteiger partial charge in [-0.1, -0.05) is 80.8 Å². The first-order chi connectivity index (χ1) is 16.2. The van der Waals surface area contributed by atoms with Crippen LogP contribution >= 0.6 is 0 Å². The highest BCUT2D eigenvalue weighted by Crippen LogP contribution is 2.38. The van der Waals surface area contributed by atoms with E-state index in [0.29, 0.717) is 12.4 Å². The maximum absolute atomic E-state index is 13.5. The molecule has 2 aliphatic rings. The van der Waals surface area contributed by atoms with Gasteiger partial charge in [-0.05, 0) is 52.5 Å². The van der Waals surface area contributed by atoms with Gasteiger partial charge in [-0.2, -0.15) is 0 Å². The van der Waals surface area contributed by atoms with E-state index in [-0.39, 0.29) is 5.91 Å². The zero-order chi connectivity index (χ0) is 22.7. The molecule has 0 unspecified atom stereocenters. The van der Waals surface area contributed by atoms with Crippen molar-refractivity contribution in [2.24, 2.45) is 4.99 Å². The second-order valence-electron chi connectivity index (χ2n) is 8.76. The number of aromatic nitrogens is 4. The monoisotopic (exact) mass is 440 g/mol. The second-order valence-corrected chi connectivity index (χ2v) is 8.76. The number of hydrogen-bond acceptors (Lipinski definition) is 5. The molecule has 1 aromatic heterocycles. The highest BCUT2D eigenvalue weighted by Gasteiger charge is 2.47. The Morgan fingerprint density at radius 2 is 1.79 bits per heavy atom. The number of aromatic amines is 1. The molecule has 7 heteroatoms. The van der Waals surface area contributed by atoms with Gasteiger partial charge >= 0.3 is 0 Å². The van der Waals surface area contributed by atoms with E-state index in [9.17, 15) is 4.79 Å². The summed E-state index contributed by atoms with van der Waals surface area (Å²) < 4.78 is 0. The van der Waals surface area contributed by atoms with E-state index in [0.717, 1.165) is 60.2 Å². The van der Waals surface area contributed by atoms with Gasteiger partial charge in [0.1, 0.15) is 11.4 Å². The van der Waals surface area contributed by atoms with Gasteiger partial charge in [0, 0.05) is 5.56 Å². The Hall–Kier alpha value is -3.61. The van der Waals surface area contributed by atoms with Gasteiger partial charge in [0.2, 0.25) is 0 Å². The first-order valence-electron chi connectivity index (χ1n) is 11.7. The van der Waals surface area contributed by atoms with Crippen LogP contribution in [-0.4, -0.2) is 42.8 Å². The van der Waals surface area contributed by atoms with Crippen LogP contribution < -0.4 is 0 Å². The molecule has 33 heavy (non-hydrogen) atoms. The lowest BCUT2D eigenvalue weighted by atomic mass is 9.82. The van der Waals surface area contributed by atoms with E-state index in [4.69, 9.17) is 4.99 Å². The van der Waals surface area contributed by atoms with Crippen molar-refractivity contribution in [3.05, 3.63) is 66.2 Å². The SMILES string of the molecule is CC/C=C/C1=NC2(CCCCC2)C(=O)N1Cc1ccc(-c2ccccc2-c2nnn[nH]2)cc1. The normalized spacial score (nSPS) is 17.8. The molecule has 7 nitrogen and oxygen atoms in total. The number of rotatable bonds is 6. The molecule has 1 aliphatic carbocycles. The van der Waals surface area contributed by atoms with Gasteiger partial charge < -0.3 is 0 Å². The molecule has 1 aliphatic heterocycles. The van der Waals surface area contributed by atoms with Crippen molar-refractivity contribution in [3.63, 3.8) is 0 Å². The molecule has 2 heterocycles. The number of amides is 1. The summed E-state index contributed by atoms with van der Waals surface area (Å²) in [5.74, 6) is 1.60. The summed E-state index contributed by atoms with van der Waals surface area (Å²) in [7, 11) is 0. The van der Waals surface area contributed by atoms with Gasteiger partial charge in [-0.3, -0.25) is 14.7 Å². The smallest absolute Gasteiger partial charge is 0.256 e. The van der Waals surface area contributed by atoms with Crippen LogP contribution in [0.5, 0.6) is 0 Å². The van der Waals surface area contributed by atoms with Crippen LogP contribution in [0.15, 0.2) is 65.7 Å². The molecule has 5 rings (SSSR count). The molecule has 1 spiro atoms. The maximum Gasteiger partial charge on any atom is 0.256 e. The fourth-order valence-corrected chi connectivity index (χ4v) is 4.84. The molecule has 2 aromatic carbocycles. The van der Waals surface area contributed by atoms with Crippen molar-refractivity contribution in [1.29, 1.82) is 0 Å². The highest BCUT2D eigenvalue weighted by atomic mass is 16.2. The third-order valence-electron chi connectivity index (χ3n) is 6.56. The fraction of sp³-hybridized carbons (Fsp3) is 0.346. The summed E-state index contributed by atoms with van der Waals surface area (Å²) >= 11 is 0. The topological polar surface area (TPSA) is 87.1 Å². The van der Waals surface area contributed by atoms with E-state index in [2.05, 4.69) is 64.0 Å². The van der Waals surface area contributed by atoms with Gasteiger partial charge in [0.05, 0.1) is 6.54 Å². The first-order valence-corrected chi connectivity index (χ1v) is 11.7. The predicted molar refractivity (Wildman–Crippen MR) is 128 cm³/mol. The molecular formula is C26H28N6O. The molecule has 3 aromatic rings. The van der Waals surface area contributed by atoms with Gasteiger partial charge in [0.25, 0.3) is 5.91 Å². The predicted octanol–water partition coefficient (Wildman–Crippen LogP) is 4.94. The molecule has 1 saturated carbocycles. The van der Waals surface area contributed by atoms with Crippen LogP contribution in [0.2, 0.25) is 0 Å². The number of allylic oxidation sites excluding steroid dienone is 1. The number of hydrogen-bond donors (Lipinski definition) is 1. The van der Waals surface area contributed by atoms with E-state index in [1.165, 1.54) is 6.42 Å². The Kier molecular flexibility index (Phi) is 5.86. The molecule has 1 fully saturated rings. The molecule has 0 atom stereocenters. The van der Waals surface area contributed by atoms with Crippen LogP contribution in [0.25, 0.3) is 22.5 Å². The molecular weight excluding hydrogens is 412 g/mol. The summed E-state index contributed by atoms with van der Waals surface area (Å²) in [6.45, 7) is 2.63. The van der Waals surface area contributed by atoms with Crippen LogP contribution in [-0.2, 0) is 11.3 Å². The van der Waals surface area contributed by atoms with E-state index < -0.39 is 5.54 Å². The maximum atomic E-state index is 13.5. The molecule has 0 radical (unpaired) electrons. The van der Waals surface area contributed by atoms with E-state index in [1.54, 1.807) is 0 Å². The Labute approximate surface area is 193 Å². The summed E-state index contributed by atoms with van der Waals surface area (Å²) in [4.78, 5) is 20.3. The molecule has 0 bridgehead atoms. The van der Waals surface area contributed by atoms with E-state index >= 15 is 0 Å². The molecule has 1 N–H and O–H groups in total. The number of benzene rings is 2. The first kappa shape index (κ1) is 21.2.